The summed E-state index contributed by atoms with van der Waals surface area (Å²) in [6, 6.07) is 33.1. The first-order valence-electron chi connectivity index (χ1n) is 8.62. The SMILES string of the molecule is CCC(C)[B-](c1ccccc1)(c1ccccc1)c1ccccc1.[Li+]. The summed E-state index contributed by atoms with van der Waals surface area (Å²) in [5.74, 6) is 0.558. The van der Waals surface area contributed by atoms with E-state index in [1.165, 1.54) is 16.4 Å². The minimum Gasteiger partial charge on any atom is -0.200 e. The average molecular weight is 306 g/mol. The van der Waals surface area contributed by atoms with Crippen LogP contribution in [0.5, 0.6) is 0 Å². The van der Waals surface area contributed by atoms with Crippen molar-refractivity contribution in [1.29, 1.82) is 0 Å². The van der Waals surface area contributed by atoms with Crippen LogP contribution in [0.15, 0.2) is 91.0 Å². The van der Waals surface area contributed by atoms with Crippen molar-refractivity contribution in [3.63, 3.8) is 0 Å². The summed E-state index contributed by atoms with van der Waals surface area (Å²) >= 11 is 0. The van der Waals surface area contributed by atoms with Crippen LogP contribution >= 0.6 is 0 Å². The molecule has 0 fully saturated rings. The molecular weight excluding hydrogens is 282 g/mol. The summed E-state index contributed by atoms with van der Waals surface area (Å²) < 4.78 is 0. The molecule has 3 aromatic carbocycles. The first kappa shape index (κ1) is 18.7. The van der Waals surface area contributed by atoms with Gasteiger partial charge in [0, 0.05) is 0 Å². The fourth-order valence-corrected chi connectivity index (χ4v) is 4.19. The van der Waals surface area contributed by atoms with Crippen LogP contribution in [0, 0.1) is 0 Å². The predicted octanol–water partition coefficient (Wildman–Crippen LogP) is 0.961. The van der Waals surface area contributed by atoms with E-state index in [1.54, 1.807) is 0 Å². The molecule has 0 N–H and O–H groups in total. The zero-order valence-corrected chi connectivity index (χ0v) is 15.0. The fourth-order valence-electron chi connectivity index (χ4n) is 4.19. The Morgan fingerprint density at radius 3 is 1.17 bits per heavy atom. The third kappa shape index (κ3) is 3.25. The average Bonchev–Trinajstić information content (AvgIpc) is 2.65. The Labute approximate surface area is 158 Å². The molecule has 3 rings (SSSR count). The molecule has 0 spiro atoms. The topological polar surface area (TPSA) is 0 Å². The molecule has 24 heavy (non-hydrogen) atoms. The van der Waals surface area contributed by atoms with Crippen LogP contribution in [0.2, 0.25) is 5.82 Å². The van der Waals surface area contributed by atoms with E-state index in [4.69, 9.17) is 0 Å². The van der Waals surface area contributed by atoms with Crippen molar-refractivity contribution >= 4 is 22.5 Å². The second-order valence-corrected chi connectivity index (χ2v) is 6.55. The van der Waals surface area contributed by atoms with E-state index in [1.807, 2.05) is 0 Å². The molecule has 0 bridgehead atoms. The molecule has 0 aromatic heterocycles. The molecule has 0 saturated carbocycles. The van der Waals surface area contributed by atoms with Crippen LogP contribution in [0.3, 0.4) is 0 Å². The molecule has 0 aliphatic carbocycles. The van der Waals surface area contributed by atoms with Crippen molar-refractivity contribution in [2.24, 2.45) is 0 Å². The van der Waals surface area contributed by atoms with Crippen LogP contribution in [-0.4, -0.2) is 6.15 Å². The first-order valence-corrected chi connectivity index (χ1v) is 8.62. The summed E-state index contributed by atoms with van der Waals surface area (Å²) in [4.78, 5) is 0. The monoisotopic (exact) mass is 306 g/mol. The second-order valence-electron chi connectivity index (χ2n) is 6.55. The van der Waals surface area contributed by atoms with E-state index >= 15 is 0 Å². The third-order valence-electron chi connectivity index (χ3n) is 5.47. The Balaban J connectivity index is 0.00000208. The number of benzene rings is 3. The van der Waals surface area contributed by atoms with Gasteiger partial charge in [0.05, 0.1) is 6.15 Å². The summed E-state index contributed by atoms with van der Waals surface area (Å²) in [6.07, 6.45) is 0.177. The van der Waals surface area contributed by atoms with Gasteiger partial charge in [0.15, 0.2) is 0 Å². The van der Waals surface area contributed by atoms with E-state index < -0.39 is 6.15 Å². The maximum atomic E-state index is 2.40. The molecule has 1 atom stereocenters. The van der Waals surface area contributed by atoms with Gasteiger partial charge in [-0.25, -0.2) is 0 Å². The Morgan fingerprint density at radius 2 is 0.917 bits per heavy atom. The van der Waals surface area contributed by atoms with Crippen molar-refractivity contribution in [3.8, 4) is 0 Å². The summed E-state index contributed by atoms with van der Waals surface area (Å²) in [5.41, 5.74) is 4.29. The zero-order chi connectivity index (χ0) is 16.1. The Morgan fingerprint density at radius 1 is 0.625 bits per heavy atom. The fraction of sp³-hybridized carbons (Fsp3) is 0.182. The molecule has 0 aliphatic rings. The van der Waals surface area contributed by atoms with Gasteiger partial charge < -0.3 is 0 Å². The quantitative estimate of drug-likeness (QED) is 0.616. The van der Waals surface area contributed by atoms with Gasteiger partial charge >= 0.3 is 18.9 Å². The maximum absolute atomic E-state index is 2.40. The van der Waals surface area contributed by atoms with E-state index in [0.29, 0.717) is 5.82 Å². The van der Waals surface area contributed by atoms with Crippen molar-refractivity contribution < 1.29 is 18.9 Å². The standard InChI is InChI=1S/C22H24B.Li/c1-3-19(2)23(20-13-7-4-8-14-20,21-15-9-5-10-16-21)22-17-11-6-12-18-22;/h4-19H,3H2,1-2H3;/q-1;+1. The minimum absolute atomic E-state index is 0. The van der Waals surface area contributed by atoms with Crippen LogP contribution in [0.4, 0.5) is 0 Å². The Bertz CT molecular complexity index is 629. The Kier molecular flexibility index (Phi) is 6.55. The molecule has 0 nitrogen and oxygen atoms in total. The van der Waals surface area contributed by atoms with Crippen LogP contribution in [0.25, 0.3) is 0 Å². The van der Waals surface area contributed by atoms with Crippen molar-refractivity contribution in [2.75, 3.05) is 0 Å². The first-order chi connectivity index (χ1) is 11.3. The van der Waals surface area contributed by atoms with Crippen LogP contribution < -0.4 is 35.2 Å². The number of rotatable bonds is 5. The van der Waals surface area contributed by atoms with Crippen LogP contribution in [0.1, 0.15) is 20.3 Å². The van der Waals surface area contributed by atoms with Gasteiger partial charge in [0.1, 0.15) is 0 Å². The Hall–Kier alpha value is -1.68. The van der Waals surface area contributed by atoms with Gasteiger partial charge in [0.2, 0.25) is 0 Å². The summed E-state index contributed by atoms with van der Waals surface area (Å²) in [6.45, 7) is 4.70. The molecule has 1 unspecified atom stereocenters. The molecule has 0 aliphatic heterocycles. The van der Waals surface area contributed by atoms with Gasteiger partial charge in [-0.15, -0.1) is 0 Å². The number of hydrogen-bond acceptors (Lipinski definition) is 0. The summed E-state index contributed by atoms with van der Waals surface area (Å²) in [5, 5.41) is 0. The van der Waals surface area contributed by atoms with Gasteiger partial charge in [-0.05, 0) is 0 Å². The van der Waals surface area contributed by atoms with Gasteiger partial charge in [-0.2, -0.15) is 22.2 Å². The molecule has 0 radical (unpaired) electrons. The molecule has 0 heterocycles. The normalized spacial score (nSPS) is 12.2. The molecule has 2 heteroatoms. The van der Waals surface area contributed by atoms with E-state index in [9.17, 15) is 0 Å². The maximum Gasteiger partial charge on any atom is 1.00 e. The van der Waals surface area contributed by atoms with Gasteiger partial charge in [-0.3, -0.25) is 0 Å². The van der Waals surface area contributed by atoms with E-state index in [-0.39, 0.29) is 18.9 Å². The predicted molar refractivity (Wildman–Crippen MR) is 104 cm³/mol. The van der Waals surface area contributed by atoms with Crippen molar-refractivity contribution in [3.05, 3.63) is 91.0 Å². The molecule has 0 saturated heterocycles. The van der Waals surface area contributed by atoms with Crippen molar-refractivity contribution in [2.45, 2.75) is 26.1 Å². The molecule has 0 amide bonds. The second kappa shape index (κ2) is 8.43. The van der Waals surface area contributed by atoms with E-state index in [2.05, 4.69) is 105 Å². The minimum atomic E-state index is -0.974. The summed E-state index contributed by atoms with van der Waals surface area (Å²) in [7, 11) is 0. The van der Waals surface area contributed by atoms with Crippen LogP contribution in [-0.2, 0) is 0 Å². The molecule has 3 aromatic rings. The number of hydrogen-bond donors (Lipinski definition) is 0. The van der Waals surface area contributed by atoms with E-state index in [0.717, 1.165) is 6.42 Å². The zero-order valence-electron chi connectivity index (χ0n) is 15.0. The third-order valence-corrected chi connectivity index (χ3v) is 5.47. The smallest absolute Gasteiger partial charge is 0.200 e. The van der Waals surface area contributed by atoms with Gasteiger partial charge in [-0.1, -0.05) is 111 Å². The molecular formula is C22H24BLi. The molecule has 116 valence electrons. The van der Waals surface area contributed by atoms with Crippen molar-refractivity contribution in [1.82, 2.24) is 0 Å². The van der Waals surface area contributed by atoms with Gasteiger partial charge in [0.25, 0.3) is 0 Å². The largest absolute Gasteiger partial charge is 1.00 e.